The van der Waals surface area contributed by atoms with Crippen LogP contribution in [0.2, 0.25) is 0 Å². The zero-order valence-electron chi connectivity index (χ0n) is 10.5. The Balaban J connectivity index is 2.09. The van der Waals surface area contributed by atoms with E-state index in [0.717, 1.165) is 16.1 Å². The van der Waals surface area contributed by atoms with Crippen molar-refractivity contribution in [2.45, 2.75) is 17.6 Å². The average Bonchev–Trinajstić information content (AvgIpc) is 2.37. The van der Waals surface area contributed by atoms with E-state index in [2.05, 4.69) is 5.32 Å². The SMILES string of the molecule is CC(=O)Nc1ccccc1SCc1cccc(F)c1. The van der Waals surface area contributed by atoms with Gasteiger partial charge in [0, 0.05) is 17.6 Å². The van der Waals surface area contributed by atoms with Crippen molar-refractivity contribution in [1.29, 1.82) is 0 Å². The number of amides is 1. The normalized spacial score (nSPS) is 10.2. The summed E-state index contributed by atoms with van der Waals surface area (Å²) in [5.41, 5.74) is 1.71. The van der Waals surface area contributed by atoms with Crippen LogP contribution >= 0.6 is 11.8 Å². The summed E-state index contributed by atoms with van der Waals surface area (Å²) in [7, 11) is 0. The second kappa shape index (κ2) is 6.38. The maximum Gasteiger partial charge on any atom is 0.221 e. The van der Waals surface area contributed by atoms with Crippen molar-refractivity contribution in [1.82, 2.24) is 0 Å². The second-order valence-corrected chi connectivity index (χ2v) is 5.11. The quantitative estimate of drug-likeness (QED) is 0.852. The van der Waals surface area contributed by atoms with Crippen LogP contribution in [0, 0.1) is 5.82 Å². The molecule has 2 nitrogen and oxygen atoms in total. The van der Waals surface area contributed by atoms with Gasteiger partial charge in [-0.05, 0) is 29.8 Å². The van der Waals surface area contributed by atoms with Crippen LogP contribution < -0.4 is 5.32 Å². The second-order valence-electron chi connectivity index (χ2n) is 4.10. The molecule has 0 radical (unpaired) electrons. The van der Waals surface area contributed by atoms with Crippen LogP contribution in [0.1, 0.15) is 12.5 Å². The van der Waals surface area contributed by atoms with E-state index in [1.54, 1.807) is 17.8 Å². The smallest absolute Gasteiger partial charge is 0.221 e. The number of nitrogens with one attached hydrogen (secondary N) is 1. The molecular weight excluding hydrogens is 261 g/mol. The van der Waals surface area contributed by atoms with Crippen LogP contribution in [0.25, 0.3) is 0 Å². The Morgan fingerprint density at radius 1 is 1.21 bits per heavy atom. The lowest BCUT2D eigenvalue weighted by Crippen LogP contribution is -2.06. The Bertz CT molecular complexity index is 586. The summed E-state index contributed by atoms with van der Waals surface area (Å²) in [6.45, 7) is 1.48. The van der Waals surface area contributed by atoms with Crippen LogP contribution in [0.15, 0.2) is 53.4 Å². The van der Waals surface area contributed by atoms with Gasteiger partial charge in [0.15, 0.2) is 0 Å². The molecule has 0 heterocycles. The molecule has 1 amide bonds. The molecular formula is C15H14FNOS. The number of carbonyl (C=O) groups excluding carboxylic acids is 1. The van der Waals surface area contributed by atoms with Crippen molar-refractivity contribution < 1.29 is 9.18 Å². The van der Waals surface area contributed by atoms with Crippen LogP contribution in [0.3, 0.4) is 0 Å². The van der Waals surface area contributed by atoms with Crippen LogP contribution in [0.4, 0.5) is 10.1 Å². The maximum atomic E-state index is 13.1. The Labute approximate surface area is 116 Å². The Morgan fingerprint density at radius 2 is 2.00 bits per heavy atom. The van der Waals surface area contributed by atoms with Gasteiger partial charge in [0.1, 0.15) is 5.82 Å². The van der Waals surface area contributed by atoms with Crippen molar-refractivity contribution in [3.05, 3.63) is 59.9 Å². The highest BCUT2D eigenvalue weighted by Crippen LogP contribution is 2.29. The fourth-order valence-corrected chi connectivity index (χ4v) is 2.62. The first-order valence-electron chi connectivity index (χ1n) is 5.89. The number of anilines is 1. The van der Waals surface area contributed by atoms with E-state index in [0.29, 0.717) is 5.75 Å². The van der Waals surface area contributed by atoms with Crippen molar-refractivity contribution in [2.75, 3.05) is 5.32 Å². The number of rotatable bonds is 4. The summed E-state index contributed by atoms with van der Waals surface area (Å²) in [5, 5.41) is 2.79. The number of hydrogen-bond acceptors (Lipinski definition) is 2. The first kappa shape index (κ1) is 13.6. The number of hydrogen-bond donors (Lipinski definition) is 1. The molecule has 0 unspecified atom stereocenters. The fourth-order valence-electron chi connectivity index (χ4n) is 1.67. The summed E-state index contributed by atoms with van der Waals surface area (Å²) in [6.07, 6.45) is 0. The minimum Gasteiger partial charge on any atom is -0.325 e. The van der Waals surface area contributed by atoms with Gasteiger partial charge in [-0.1, -0.05) is 24.3 Å². The van der Waals surface area contributed by atoms with E-state index in [1.165, 1.54) is 19.1 Å². The van der Waals surface area contributed by atoms with E-state index in [4.69, 9.17) is 0 Å². The predicted molar refractivity (Wildman–Crippen MR) is 76.7 cm³/mol. The van der Waals surface area contributed by atoms with Gasteiger partial charge in [-0.3, -0.25) is 4.79 Å². The average molecular weight is 275 g/mol. The first-order valence-corrected chi connectivity index (χ1v) is 6.87. The lowest BCUT2D eigenvalue weighted by atomic mass is 10.2. The highest BCUT2D eigenvalue weighted by atomic mass is 32.2. The summed E-state index contributed by atoms with van der Waals surface area (Å²) in [4.78, 5) is 12.1. The molecule has 0 aliphatic carbocycles. The fraction of sp³-hybridized carbons (Fsp3) is 0.133. The predicted octanol–water partition coefficient (Wildman–Crippen LogP) is 4.08. The highest BCUT2D eigenvalue weighted by molar-refractivity contribution is 7.98. The summed E-state index contributed by atoms with van der Waals surface area (Å²) in [6, 6.07) is 14.1. The van der Waals surface area contributed by atoms with E-state index >= 15 is 0 Å². The van der Waals surface area contributed by atoms with Gasteiger partial charge in [-0.15, -0.1) is 11.8 Å². The molecule has 0 aliphatic rings. The van der Waals surface area contributed by atoms with Gasteiger partial charge in [0.2, 0.25) is 5.91 Å². The zero-order chi connectivity index (χ0) is 13.7. The van der Waals surface area contributed by atoms with E-state index in [9.17, 15) is 9.18 Å². The number of para-hydroxylation sites is 1. The third kappa shape index (κ3) is 4.10. The Kier molecular flexibility index (Phi) is 4.58. The van der Waals surface area contributed by atoms with Crippen molar-refractivity contribution in [2.24, 2.45) is 0 Å². The Morgan fingerprint density at radius 3 is 2.74 bits per heavy atom. The van der Waals surface area contributed by atoms with Gasteiger partial charge in [0.25, 0.3) is 0 Å². The first-order chi connectivity index (χ1) is 9.15. The Hall–Kier alpha value is -1.81. The largest absolute Gasteiger partial charge is 0.325 e. The third-order valence-electron chi connectivity index (χ3n) is 2.48. The minimum atomic E-state index is -0.228. The highest BCUT2D eigenvalue weighted by Gasteiger charge is 2.04. The number of thioether (sulfide) groups is 1. The summed E-state index contributed by atoms with van der Waals surface area (Å²) in [5.74, 6) is 0.334. The number of halogens is 1. The standard InChI is InChI=1S/C15H14FNOS/c1-11(18)17-14-7-2-3-8-15(14)19-10-12-5-4-6-13(16)9-12/h2-9H,10H2,1H3,(H,17,18). The molecule has 98 valence electrons. The molecule has 4 heteroatoms. The van der Waals surface area contributed by atoms with Gasteiger partial charge in [0.05, 0.1) is 5.69 Å². The molecule has 0 saturated heterocycles. The molecule has 0 aliphatic heterocycles. The summed E-state index contributed by atoms with van der Waals surface area (Å²) >= 11 is 1.57. The van der Waals surface area contributed by atoms with E-state index in [-0.39, 0.29) is 11.7 Å². The molecule has 0 saturated carbocycles. The van der Waals surface area contributed by atoms with Gasteiger partial charge < -0.3 is 5.32 Å². The number of carbonyl (C=O) groups is 1. The maximum absolute atomic E-state index is 13.1. The molecule has 0 bridgehead atoms. The topological polar surface area (TPSA) is 29.1 Å². The molecule has 2 aromatic rings. The van der Waals surface area contributed by atoms with Crippen LogP contribution in [-0.2, 0) is 10.5 Å². The molecule has 0 aromatic heterocycles. The molecule has 0 spiro atoms. The van der Waals surface area contributed by atoms with Crippen molar-refractivity contribution in [3.8, 4) is 0 Å². The molecule has 1 N–H and O–H groups in total. The lowest BCUT2D eigenvalue weighted by Gasteiger charge is -2.09. The third-order valence-corrected chi connectivity index (χ3v) is 3.63. The van der Waals surface area contributed by atoms with E-state index in [1.807, 2.05) is 30.3 Å². The van der Waals surface area contributed by atoms with Crippen LogP contribution in [-0.4, -0.2) is 5.91 Å². The molecule has 2 rings (SSSR count). The van der Waals surface area contributed by atoms with Gasteiger partial charge in [-0.25, -0.2) is 4.39 Å². The van der Waals surface area contributed by atoms with Crippen molar-refractivity contribution >= 4 is 23.4 Å². The lowest BCUT2D eigenvalue weighted by molar-refractivity contribution is -0.114. The molecule has 0 atom stereocenters. The van der Waals surface area contributed by atoms with E-state index < -0.39 is 0 Å². The van der Waals surface area contributed by atoms with Gasteiger partial charge >= 0.3 is 0 Å². The number of benzene rings is 2. The molecule has 0 fully saturated rings. The van der Waals surface area contributed by atoms with Crippen LogP contribution in [0.5, 0.6) is 0 Å². The van der Waals surface area contributed by atoms with Gasteiger partial charge in [-0.2, -0.15) is 0 Å². The summed E-state index contributed by atoms with van der Waals surface area (Å²) < 4.78 is 13.1. The van der Waals surface area contributed by atoms with Crippen molar-refractivity contribution in [3.63, 3.8) is 0 Å². The monoisotopic (exact) mass is 275 g/mol. The minimum absolute atomic E-state index is 0.0983. The zero-order valence-corrected chi connectivity index (χ0v) is 11.3. The molecule has 19 heavy (non-hydrogen) atoms. The molecule has 2 aromatic carbocycles.